The molecule has 2 bridgehead atoms. The molecular formula is C21H22N4O2S. The fourth-order valence-corrected chi connectivity index (χ4v) is 5.87. The maximum Gasteiger partial charge on any atom is 0.279 e. The molecule has 0 unspecified atom stereocenters. The van der Waals surface area contributed by atoms with E-state index in [0.717, 1.165) is 18.1 Å². The number of fused-ring (bicyclic) bond motifs is 3. The lowest BCUT2D eigenvalue weighted by atomic mass is 9.70. The standard InChI is InChI=1S/C21H22N4O2S/c1-20(2)11-8-9-21(20,3)14(10-11)24-25-19-23-18(27)16(28-19)15-12-6-4-5-7-13(12)22-17(15)26/h4-7,11,27H,8-10H2,1-3H3,(H,23,25)/b24-14-/t11-,21-/m0/s1. The average Bonchev–Trinajstić information content (AvgIpc) is 3.29. The molecule has 144 valence electrons. The number of hydrazone groups is 1. The van der Waals surface area contributed by atoms with Crippen molar-refractivity contribution >= 4 is 33.7 Å². The van der Waals surface area contributed by atoms with Crippen molar-refractivity contribution in [2.24, 2.45) is 26.8 Å². The Bertz CT molecular complexity index is 1160. The largest absolute Gasteiger partial charge is 0.492 e. The minimum atomic E-state index is -0.347. The minimum Gasteiger partial charge on any atom is -0.492 e. The van der Waals surface area contributed by atoms with Crippen LogP contribution >= 0.6 is 11.3 Å². The fraction of sp³-hybridized carbons (Fsp3) is 0.429. The number of thiazole rings is 1. The SMILES string of the molecule is CC1(C)[C@H]2CC[C@@]1(C)/C(=N\Nc1nc(O)c(C3=c4ccccc4=NC3=O)s1)C2. The maximum absolute atomic E-state index is 12.4. The molecule has 2 N–H and O–H groups in total. The van der Waals surface area contributed by atoms with Crippen LogP contribution in [0.3, 0.4) is 0 Å². The fourth-order valence-electron chi connectivity index (χ4n) is 5.02. The number of para-hydroxylation sites is 1. The number of carbonyl (C=O) groups is 1. The number of nitrogens with zero attached hydrogens (tertiary/aromatic N) is 3. The molecule has 2 aliphatic carbocycles. The van der Waals surface area contributed by atoms with Crippen LogP contribution in [-0.4, -0.2) is 21.7 Å². The molecule has 7 heteroatoms. The van der Waals surface area contributed by atoms with Gasteiger partial charge in [-0.3, -0.25) is 10.2 Å². The zero-order valence-corrected chi connectivity index (χ0v) is 16.9. The Labute approximate surface area is 166 Å². The molecule has 2 heterocycles. The Kier molecular flexibility index (Phi) is 3.59. The van der Waals surface area contributed by atoms with Gasteiger partial charge in [0.1, 0.15) is 4.88 Å². The summed E-state index contributed by atoms with van der Waals surface area (Å²) >= 11 is 1.23. The number of rotatable bonds is 3. The summed E-state index contributed by atoms with van der Waals surface area (Å²) in [7, 11) is 0. The quantitative estimate of drug-likeness (QED) is 0.784. The van der Waals surface area contributed by atoms with Crippen molar-refractivity contribution in [3.63, 3.8) is 0 Å². The van der Waals surface area contributed by atoms with Crippen LogP contribution in [0.4, 0.5) is 5.13 Å². The van der Waals surface area contributed by atoms with Crippen molar-refractivity contribution in [3.8, 4) is 5.88 Å². The van der Waals surface area contributed by atoms with Gasteiger partial charge in [-0.05, 0) is 36.7 Å². The average molecular weight is 395 g/mol. The van der Waals surface area contributed by atoms with E-state index in [4.69, 9.17) is 0 Å². The first kappa shape index (κ1) is 17.6. The van der Waals surface area contributed by atoms with Crippen LogP contribution in [0.25, 0.3) is 5.57 Å². The van der Waals surface area contributed by atoms with Crippen LogP contribution in [-0.2, 0) is 4.79 Å². The number of anilines is 1. The molecular weight excluding hydrogens is 372 g/mol. The molecule has 2 atom stereocenters. The van der Waals surface area contributed by atoms with E-state index in [1.165, 1.54) is 23.5 Å². The summed E-state index contributed by atoms with van der Waals surface area (Å²) < 4.78 is 0. The van der Waals surface area contributed by atoms with Crippen molar-refractivity contribution in [1.82, 2.24) is 4.98 Å². The van der Waals surface area contributed by atoms with E-state index < -0.39 is 0 Å². The first-order valence-corrected chi connectivity index (χ1v) is 10.4. The third-order valence-corrected chi connectivity index (χ3v) is 8.21. The molecule has 2 fully saturated rings. The van der Waals surface area contributed by atoms with E-state index in [-0.39, 0.29) is 22.6 Å². The molecule has 1 aromatic carbocycles. The Morgan fingerprint density at radius 3 is 2.79 bits per heavy atom. The van der Waals surface area contributed by atoms with E-state index in [1.807, 2.05) is 18.2 Å². The number of aromatic nitrogens is 1. The third-order valence-electron chi connectivity index (χ3n) is 7.24. The summed E-state index contributed by atoms with van der Waals surface area (Å²) in [6.45, 7) is 6.98. The van der Waals surface area contributed by atoms with Gasteiger partial charge in [-0.1, -0.05) is 50.3 Å². The number of amides is 1. The predicted molar refractivity (Wildman–Crippen MR) is 109 cm³/mol. The number of aromatic hydroxyl groups is 1. The van der Waals surface area contributed by atoms with Gasteiger partial charge in [-0.15, -0.1) is 0 Å². The van der Waals surface area contributed by atoms with Gasteiger partial charge in [0, 0.05) is 16.3 Å². The zero-order chi connectivity index (χ0) is 19.7. The van der Waals surface area contributed by atoms with Crippen molar-refractivity contribution in [2.75, 3.05) is 5.43 Å². The Balaban J connectivity index is 1.48. The summed E-state index contributed by atoms with van der Waals surface area (Å²) in [5.41, 5.74) is 4.97. The molecule has 1 aliphatic heterocycles. The summed E-state index contributed by atoms with van der Waals surface area (Å²) in [5.74, 6) is 0.158. The zero-order valence-electron chi connectivity index (χ0n) is 16.1. The van der Waals surface area contributed by atoms with Crippen molar-refractivity contribution < 1.29 is 9.90 Å². The Hall–Kier alpha value is -2.54. The van der Waals surface area contributed by atoms with E-state index in [1.54, 1.807) is 6.07 Å². The lowest BCUT2D eigenvalue weighted by Crippen LogP contribution is -2.32. The number of hydrogen-bond acceptors (Lipinski definition) is 6. The molecule has 2 saturated carbocycles. The van der Waals surface area contributed by atoms with Gasteiger partial charge < -0.3 is 5.11 Å². The topological polar surface area (TPSA) is 86.9 Å². The highest BCUT2D eigenvalue weighted by Gasteiger charge is 2.60. The van der Waals surface area contributed by atoms with Gasteiger partial charge in [0.05, 0.1) is 10.9 Å². The summed E-state index contributed by atoms with van der Waals surface area (Å²) in [6, 6.07) is 7.32. The summed E-state index contributed by atoms with van der Waals surface area (Å²) in [6.07, 6.45) is 3.42. The second-order valence-electron chi connectivity index (χ2n) is 8.64. The first-order chi connectivity index (χ1) is 13.3. The second-order valence-corrected chi connectivity index (χ2v) is 9.64. The molecule has 0 radical (unpaired) electrons. The molecule has 1 amide bonds. The van der Waals surface area contributed by atoms with Gasteiger partial charge in [-0.2, -0.15) is 10.1 Å². The Morgan fingerprint density at radius 1 is 1.29 bits per heavy atom. The smallest absolute Gasteiger partial charge is 0.279 e. The highest BCUT2D eigenvalue weighted by atomic mass is 32.1. The van der Waals surface area contributed by atoms with Crippen LogP contribution in [0, 0.1) is 16.7 Å². The van der Waals surface area contributed by atoms with E-state index in [2.05, 4.69) is 41.3 Å². The monoisotopic (exact) mass is 394 g/mol. The first-order valence-electron chi connectivity index (χ1n) is 9.57. The van der Waals surface area contributed by atoms with Crippen LogP contribution in [0.5, 0.6) is 5.88 Å². The highest BCUT2D eigenvalue weighted by molar-refractivity contribution is 7.17. The predicted octanol–water partition coefficient (Wildman–Crippen LogP) is 2.82. The molecule has 1 aromatic heterocycles. The van der Waals surface area contributed by atoms with Gasteiger partial charge in [0.2, 0.25) is 11.0 Å². The molecule has 0 spiro atoms. The summed E-state index contributed by atoms with van der Waals surface area (Å²) in [5, 5.41) is 16.9. The molecule has 0 saturated heterocycles. The lowest BCUT2D eigenvalue weighted by molar-refractivity contribution is -0.112. The number of benzene rings is 1. The van der Waals surface area contributed by atoms with Gasteiger partial charge in [0.25, 0.3) is 5.91 Å². The van der Waals surface area contributed by atoms with E-state index in [0.29, 0.717) is 26.9 Å². The number of nitrogens with one attached hydrogen (secondary N) is 1. The van der Waals surface area contributed by atoms with E-state index >= 15 is 0 Å². The van der Waals surface area contributed by atoms with Crippen LogP contribution < -0.4 is 16.0 Å². The minimum absolute atomic E-state index is 0.0980. The molecule has 3 aliphatic rings. The molecule has 2 aromatic rings. The normalized spacial score (nSPS) is 28.7. The number of carbonyl (C=O) groups excluding carboxylic acids is 1. The van der Waals surface area contributed by atoms with Crippen molar-refractivity contribution in [2.45, 2.75) is 40.0 Å². The second kappa shape index (κ2) is 5.73. The highest BCUT2D eigenvalue weighted by Crippen LogP contribution is 2.64. The molecule has 5 rings (SSSR count). The maximum atomic E-state index is 12.4. The van der Waals surface area contributed by atoms with Gasteiger partial charge in [-0.25, -0.2) is 4.99 Å². The van der Waals surface area contributed by atoms with Gasteiger partial charge >= 0.3 is 0 Å². The third kappa shape index (κ3) is 2.25. The number of hydrogen-bond donors (Lipinski definition) is 2. The van der Waals surface area contributed by atoms with Crippen LogP contribution in [0.2, 0.25) is 0 Å². The molecule has 28 heavy (non-hydrogen) atoms. The van der Waals surface area contributed by atoms with Crippen molar-refractivity contribution in [1.29, 1.82) is 0 Å². The van der Waals surface area contributed by atoms with Crippen molar-refractivity contribution in [3.05, 3.63) is 39.7 Å². The Morgan fingerprint density at radius 2 is 2.07 bits per heavy atom. The molecule has 6 nitrogen and oxygen atoms in total. The van der Waals surface area contributed by atoms with Crippen LogP contribution in [0.1, 0.15) is 44.9 Å². The van der Waals surface area contributed by atoms with Gasteiger partial charge in [0.15, 0.2) is 0 Å². The van der Waals surface area contributed by atoms with Crippen LogP contribution in [0.15, 0.2) is 34.4 Å². The van der Waals surface area contributed by atoms with E-state index in [9.17, 15) is 9.90 Å². The summed E-state index contributed by atoms with van der Waals surface area (Å²) in [4.78, 5) is 21.1. The lowest BCUT2D eigenvalue weighted by Gasteiger charge is -2.34.